The van der Waals surface area contributed by atoms with Crippen molar-refractivity contribution in [2.75, 3.05) is 7.11 Å². The van der Waals surface area contributed by atoms with E-state index in [1.807, 2.05) is 20.8 Å². The number of rotatable bonds is 8. The second-order valence-corrected chi connectivity index (χ2v) is 11.6. The minimum Gasteiger partial charge on any atom is -0.469 e. The number of ether oxygens (including phenoxy) is 1. The first kappa shape index (κ1) is 33.3. The highest BCUT2D eigenvalue weighted by Gasteiger charge is 2.29. The normalized spacial score (nSPS) is 14.2. The fraction of sp³-hybridized carbons (Fsp3) is 0.406. The molecule has 0 N–H and O–H groups in total. The number of nitro groups is 1. The monoisotopic (exact) mass is 608 g/mol. The fourth-order valence-corrected chi connectivity index (χ4v) is 6.42. The van der Waals surface area contributed by atoms with Crippen LogP contribution < -0.4 is 0 Å². The number of carbonyl (C=O) groups is 4. The molecule has 2 aromatic carbocycles. The highest BCUT2D eigenvalue weighted by atomic mass is 32.1. The second kappa shape index (κ2) is 14.3. The number of oxime groups is 1. The summed E-state index contributed by atoms with van der Waals surface area (Å²) in [5.74, 6) is -1.30. The lowest BCUT2D eigenvalue weighted by molar-refractivity contribution is -0.382. The maximum Gasteiger partial charge on any atom is 0.331 e. The average molecular weight is 609 g/mol. The minimum absolute atomic E-state index is 0.00159. The molecule has 3 aromatic rings. The molecule has 0 spiro atoms. The highest BCUT2D eigenvalue weighted by molar-refractivity contribution is 7.26. The average Bonchev–Trinajstić information content (AvgIpc) is 3.63. The summed E-state index contributed by atoms with van der Waals surface area (Å²) in [6.45, 7) is 9.82. The molecule has 0 bridgehead atoms. The van der Waals surface area contributed by atoms with Gasteiger partial charge in [-0.25, -0.2) is 4.79 Å². The Hall–Kier alpha value is -4.25. The molecule has 1 fully saturated rings. The lowest BCUT2D eigenvalue weighted by Gasteiger charge is -2.17. The molecular weight excluding hydrogens is 572 g/mol. The van der Waals surface area contributed by atoms with Gasteiger partial charge in [-0.2, -0.15) is 0 Å². The number of fused-ring (bicyclic) bond motifs is 3. The van der Waals surface area contributed by atoms with E-state index >= 15 is 0 Å². The number of carbonyl (C=O) groups excluding carboxylic acids is 4. The standard InChI is InChI=1S/C29H30N2O6S.C3H6O2/c1-6-15(2)25(19-9-7-8-10-19)27(34)21-13-23-22-12-20(26(33)17(4)30-37-18(5)32)11-16(3)28(22)38-29(23)24(14-21)31(35)36;1-3(4)5-2/h11-14,19H,6-10H2,1-5H3;1-2H3/b25-15-,30-17+;. The Morgan fingerprint density at radius 3 is 2.00 bits per heavy atom. The summed E-state index contributed by atoms with van der Waals surface area (Å²) in [5, 5.41) is 17.0. The summed E-state index contributed by atoms with van der Waals surface area (Å²) in [7, 11) is 1.35. The van der Waals surface area contributed by atoms with Crippen molar-refractivity contribution in [3.05, 3.63) is 62.2 Å². The molecule has 1 aromatic heterocycles. The van der Waals surface area contributed by atoms with Gasteiger partial charge in [0, 0.05) is 52.1 Å². The van der Waals surface area contributed by atoms with Gasteiger partial charge in [0.05, 0.1) is 12.0 Å². The molecule has 11 heteroatoms. The van der Waals surface area contributed by atoms with Crippen molar-refractivity contribution < 1.29 is 33.7 Å². The van der Waals surface area contributed by atoms with Gasteiger partial charge in [0.25, 0.3) is 5.69 Å². The van der Waals surface area contributed by atoms with Gasteiger partial charge >= 0.3 is 11.9 Å². The van der Waals surface area contributed by atoms with Crippen LogP contribution in [0.2, 0.25) is 0 Å². The van der Waals surface area contributed by atoms with Crippen LogP contribution in [0.25, 0.3) is 20.2 Å². The Balaban J connectivity index is 0.000000934. The lowest BCUT2D eigenvalue weighted by atomic mass is 9.86. The first-order valence-corrected chi connectivity index (χ1v) is 14.8. The molecule has 1 heterocycles. The summed E-state index contributed by atoms with van der Waals surface area (Å²) in [6.07, 6.45) is 4.78. The van der Waals surface area contributed by atoms with Gasteiger partial charge in [-0.3, -0.25) is 24.5 Å². The lowest BCUT2D eigenvalue weighted by Crippen LogP contribution is -2.14. The summed E-state index contributed by atoms with van der Waals surface area (Å²) >= 11 is 1.28. The van der Waals surface area contributed by atoms with E-state index in [1.54, 1.807) is 18.2 Å². The molecule has 228 valence electrons. The van der Waals surface area contributed by atoms with Crippen molar-refractivity contribution in [1.29, 1.82) is 0 Å². The van der Waals surface area contributed by atoms with Crippen molar-refractivity contribution in [3.63, 3.8) is 0 Å². The van der Waals surface area contributed by atoms with Crippen LogP contribution in [0.1, 0.15) is 93.0 Å². The van der Waals surface area contributed by atoms with Crippen molar-refractivity contribution in [3.8, 4) is 0 Å². The molecule has 0 atom stereocenters. The number of aryl methyl sites for hydroxylation is 1. The largest absolute Gasteiger partial charge is 0.469 e. The van der Waals surface area contributed by atoms with E-state index < -0.39 is 16.7 Å². The van der Waals surface area contributed by atoms with Gasteiger partial charge in [-0.1, -0.05) is 30.5 Å². The van der Waals surface area contributed by atoms with Crippen LogP contribution in [0.5, 0.6) is 0 Å². The van der Waals surface area contributed by atoms with E-state index in [2.05, 4.69) is 14.7 Å². The number of Topliss-reactive ketones (excluding diaryl/α,β-unsaturated/α-hetero) is 2. The Morgan fingerprint density at radius 2 is 1.49 bits per heavy atom. The van der Waals surface area contributed by atoms with E-state index in [-0.39, 0.29) is 29.1 Å². The molecule has 1 aliphatic carbocycles. The molecule has 0 amide bonds. The van der Waals surface area contributed by atoms with Gasteiger partial charge in [-0.05, 0) is 69.7 Å². The van der Waals surface area contributed by atoms with Crippen molar-refractivity contribution >= 4 is 66.4 Å². The Kier molecular flexibility index (Phi) is 11.0. The Labute approximate surface area is 253 Å². The van der Waals surface area contributed by atoms with Gasteiger partial charge in [0.1, 0.15) is 10.4 Å². The maximum atomic E-state index is 13.9. The molecule has 4 rings (SSSR count). The number of nitro benzene ring substituents is 1. The minimum atomic E-state index is -0.638. The predicted octanol–water partition coefficient (Wildman–Crippen LogP) is 7.67. The van der Waals surface area contributed by atoms with Crippen LogP contribution in [0.15, 0.2) is 40.6 Å². The van der Waals surface area contributed by atoms with Crippen LogP contribution in [0, 0.1) is 23.0 Å². The first-order valence-electron chi connectivity index (χ1n) is 14.0. The maximum absolute atomic E-state index is 13.9. The SMILES string of the molecule is CC/C(C)=C(\C(=O)c1cc([N+](=O)[O-])c2sc3c(C)cc(C(=O)/C(C)=N/OC(C)=O)cc3c2c1)C1CCCC1.COC(C)=O. The molecule has 10 nitrogen and oxygen atoms in total. The summed E-state index contributed by atoms with van der Waals surface area (Å²) in [6, 6.07) is 6.49. The zero-order chi connectivity index (χ0) is 32.0. The van der Waals surface area contributed by atoms with E-state index in [9.17, 15) is 29.3 Å². The third kappa shape index (κ3) is 7.59. The molecule has 0 aliphatic heterocycles. The zero-order valence-electron chi connectivity index (χ0n) is 25.5. The van der Waals surface area contributed by atoms with Gasteiger partial charge in [0.15, 0.2) is 5.78 Å². The third-order valence-corrected chi connectivity index (χ3v) is 8.86. The van der Waals surface area contributed by atoms with Crippen LogP contribution >= 0.6 is 11.3 Å². The number of methoxy groups -OCH3 is 1. The number of allylic oxidation sites excluding steroid dienone is 2. The Morgan fingerprint density at radius 1 is 0.930 bits per heavy atom. The molecule has 0 saturated heterocycles. The quantitative estimate of drug-likeness (QED) is 0.0482. The summed E-state index contributed by atoms with van der Waals surface area (Å²) < 4.78 is 5.37. The fourth-order valence-electron chi connectivity index (χ4n) is 5.20. The summed E-state index contributed by atoms with van der Waals surface area (Å²) in [5.41, 5.74) is 3.06. The van der Waals surface area contributed by atoms with E-state index in [0.717, 1.165) is 53.5 Å². The molecular formula is C32H36N2O8S. The zero-order valence-corrected chi connectivity index (χ0v) is 26.3. The number of ketones is 2. The van der Waals surface area contributed by atoms with Crippen molar-refractivity contribution in [1.82, 2.24) is 0 Å². The van der Waals surface area contributed by atoms with Crippen LogP contribution in [-0.2, 0) is 19.2 Å². The van der Waals surface area contributed by atoms with Crippen LogP contribution in [0.3, 0.4) is 0 Å². The predicted molar refractivity (Wildman–Crippen MR) is 167 cm³/mol. The van der Waals surface area contributed by atoms with Crippen molar-refractivity contribution in [2.24, 2.45) is 11.1 Å². The van der Waals surface area contributed by atoms with Gasteiger partial charge in [-0.15, -0.1) is 11.3 Å². The van der Waals surface area contributed by atoms with Crippen LogP contribution in [0.4, 0.5) is 5.69 Å². The smallest absolute Gasteiger partial charge is 0.331 e. The summed E-state index contributed by atoms with van der Waals surface area (Å²) in [4.78, 5) is 63.9. The highest BCUT2D eigenvalue weighted by Crippen LogP contribution is 2.43. The van der Waals surface area contributed by atoms with Gasteiger partial charge < -0.3 is 9.57 Å². The number of esters is 1. The van der Waals surface area contributed by atoms with Crippen LogP contribution in [-0.4, -0.2) is 41.2 Å². The Bertz CT molecular complexity index is 1680. The third-order valence-electron chi connectivity index (χ3n) is 7.48. The van der Waals surface area contributed by atoms with E-state index in [4.69, 9.17) is 0 Å². The number of non-ortho nitro benzene ring substituents is 1. The molecule has 43 heavy (non-hydrogen) atoms. The molecule has 1 saturated carbocycles. The van der Waals surface area contributed by atoms with E-state index in [0.29, 0.717) is 26.6 Å². The van der Waals surface area contributed by atoms with Crippen molar-refractivity contribution in [2.45, 2.75) is 73.6 Å². The molecule has 0 radical (unpaired) electrons. The number of benzene rings is 2. The number of hydrogen-bond donors (Lipinski definition) is 0. The number of thiophene rings is 1. The molecule has 0 unspecified atom stereocenters. The van der Waals surface area contributed by atoms with Gasteiger partial charge in [0.2, 0.25) is 5.78 Å². The number of hydrogen-bond acceptors (Lipinski definition) is 10. The number of nitrogens with zero attached hydrogens (tertiary/aromatic N) is 2. The van der Waals surface area contributed by atoms with E-state index in [1.165, 1.54) is 45.3 Å². The second-order valence-electron chi connectivity index (χ2n) is 10.5. The topological polar surface area (TPSA) is 142 Å². The first-order chi connectivity index (χ1) is 20.3. The molecule has 1 aliphatic rings.